The molecule has 0 bridgehead atoms. The Labute approximate surface area is 324 Å². The Kier molecular flexibility index (Phi) is 9.08. The van der Waals surface area contributed by atoms with Crippen molar-refractivity contribution < 1.29 is 33.8 Å². The summed E-state index contributed by atoms with van der Waals surface area (Å²) in [4.78, 5) is 93.6. The highest BCUT2D eigenvalue weighted by molar-refractivity contribution is 7.99. The number of imide groups is 2. The lowest BCUT2D eigenvalue weighted by atomic mass is 9.96. The molecule has 4 amide bonds. The summed E-state index contributed by atoms with van der Waals surface area (Å²) in [5.74, 6) is -2.86. The summed E-state index contributed by atoms with van der Waals surface area (Å²) < 4.78 is 0. The number of nitro groups is 2. The van der Waals surface area contributed by atoms with Crippen LogP contribution in [0.5, 0.6) is 0 Å². The number of amides is 4. The van der Waals surface area contributed by atoms with Crippen LogP contribution in [-0.2, 0) is 0 Å². The minimum Gasteiger partial charge on any atom is -0.289 e. The monoisotopic (exact) mass is 778 g/mol. The Morgan fingerprint density at radius 1 is 0.429 bits per heavy atom. The van der Waals surface area contributed by atoms with Crippen LogP contribution in [-0.4, -0.2) is 39.3 Å². The van der Waals surface area contributed by atoms with Gasteiger partial charge in [0.05, 0.1) is 43.5 Å². The van der Waals surface area contributed by atoms with E-state index in [0.29, 0.717) is 11.4 Å². The number of nitro benzene ring substituents is 2. The molecule has 272 valence electrons. The lowest BCUT2D eigenvalue weighted by Crippen LogP contribution is -2.29. The number of anilines is 2. The molecule has 0 spiro atoms. The van der Waals surface area contributed by atoms with Crippen molar-refractivity contribution >= 4 is 75.7 Å². The number of hydrogen-bond donors (Lipinski definition) is 0. The number of non-ortho nitro benzene ring substituents is 2. The topological polar surface area (TPSA) is 178 Å². The number of carbonyl (C=O) groups is 5. The van der Waals surface area contributed by atoms with Crippen LogP contribution in [0.4, 0.5) is 22.7 Å². The van der Waals surface area contributed by atoms with Crippen molar-refractivity contribution in [3.63, 3.8) is 0 Å². The average Bonchev–Trinajstić information content (AvgIpc) is 3.61. The van der Waals surface area contributed by atoms with E-state index in [-0.39, 0.29) is 44.8 Å². The molecule has 0 radical (unpaired) electrons. The maximum absolute atomic E-state index is 13.7. The maximum atomic E-state index is 13.7. The fourth-order valence-electron chi connectivity index (χ4n) is 6.27. The fraction of sp³-hybridized carbons (Fsp3) is 0. The molecule has 6 aromatic rings. The van der Waals surface area contributed by atoms with E-state index in [1.807, 2.05) is 0 Å². The van der Waals surface area contributed by atoms with Gasteiger partial charge in [-0.2, -0.15) is 0 Å². The molecule has 2 aliphatic heterocycles. The highest BCUT2D eigenvalue weighted by atomic mass is 32.2. The normalized spacial score (nSPS) is 13.2. The van der Waals surface area contributed by atoms with Crippen LogP contribution >= 0.6 is 23.5 Å². The van der Waals surface area contributed by atoms with Crippen LogP contribution in [0, 0.1) is 20.2 Å². The summed E-state index contributed by atoms with van der Waals surface area (Å²) in [5.41, 5.74) is 1.14. The second-order valence-electron chi connectivity index (χ2n) is 12.4. The van der Waals surface area contributed by atoms with E-state index in [9.17, 15) is 44.2 Å². The summed E-state index contributed by atoms with van der Waals surface area (Å²) in [6.45, 7) is 0. The van der Waals surface area contributed by atoms with Gasteiger partial charge in [0, 0.05) is 55.0 Å². The molecule has 0 unspecified atom stereocenters. The van der Waals surface area contributed by atoms with E-state index in [1.54, 1.807) is 72.8 Å². The Balaban J connectivity index is 0.962. The largest absolute Gasteiger partial charge is 0.289 e. The van der Waals surface area contributed by atoms with Crippen molar-refractivity contribution in [3.05, 3.63) is 187 Å². The predicted octanol–water partition coefficient (Wildman–Crippen LogP) is 8.64. The van der Waals surface area contributed by atoms with Crippen molar-refractivity contribution in [2.24, 2.45) is 0 Å². The van der Waals surface area contributed by atoms with E-state index in [1.165, 1.54) is 84.2 Å². The molecule has 8 rings (SSSR count). The first-order chi connectivity index (χ1) is 27.0. The second-order valence-corrected chi connectivity index (χ2v) is 14.7. The SMILES string of the molecule is O=C(c1ccc2c(c1)C(=O)N(c1ccc(Sc3ccc([N+](=O)[O-])cc3)cc1)C2=O)c1ccc2c(c1)C(=O)N(c1ccc(Sc3ccc([N+](=O)[O-])cc3)cc1)C2=O. The molecule has 56 heavy (non-hydrogen) atoms. The molecule has 0 aliphatic carbocycles. The zero-order valence-corrected chi connectivity index (χ0v) is 30.1. The van der Waals surface area contributed by atoms with Gasteiger partial charge < -0.3 is 0 Å². The lowest BCUT2D eigenvalue weighted by molar-refractivity contribution is -0.385. The Hall–Kier alpha value is -7.23. The Morgan fingerprint density at radius 2 is 0.732 bits per heavy atom. The van der Waals surface area contributed by atoms with Crippen LogP contribution in [0.3, 0.4) is 0 Å². The first-order valence-corrected chi connectivity index (χ1v) is 18.3. The predicted molar refractivity (Wildman–Crippen MR) is 206 cm³/mol. The van der Waals surface area contributed by atoms with Crippen LogP contribution in [0.25, 0.3) is 0 Å². The molecule has 0 saturated carbocycles. The van der Waals surface area contributed by atoms with Gasteiger partial charge in [0.2, 0.25) is 0 Å². The molecule has 0 atom stereocenters. The van der Waals surface area contributed by atoms with E-state index >= 15 is 0 Å². The third-order valence-electron chi connectivity index (χ3n) is 9.05. The number of fused-ring (bicyclic) bond motifs is 2. The summed E-state index contributed by atoms with van der Waals surface area (Å²) in [6, 6.07) is 33.9. The van der Waals surface area contributed by atoms with E-state index in [4.69, 9.17) is 0 Å². The van der Waals surface area contributed by atoms with Gasteiger partial charge in [-0.1, -0.05) is 35.7 Å². The molecule has 2 heterocycles. The minimum absolute atomic E-state index is 0.0229. The van der Waals surface area contributed by atoms with Crippen molar-refractivity contribution in [2.45, 2.75) is 19.6 Å². The molecule has 13 nitrogen and oxygen atoms in total. The average molecular weight is 779 g/mol. The molecular formula is C41H22N4O9S2. The molecular weight excluding hydrogens is 757 g/mol. The molecule has 6 aromatic carbocycles. The molecule has 2 aliphatic rings. The quantitative estimate of drug-likeness (QED) is 0.0563. The number of nitrogens with zero attached hydrogens (tertiary/aromatic N) is 4. The highest BCUT2D eigenvalue weighted by Crippen LogP contribution is 2.36. The lowest BCUT2D eigenvalue weighted by Gasteiger charge is -2.14. The summed E-state index contributed by atoms with van der Waals surface area (Å²) in [6.07, 6.45) is 0. The summed E-state index contributed by atoms with van der Waals surface area (Å²) >= 11 is 2.71. The Bertz CT molecular complexity index is 2500. The van der Waals surface area contributed by atoms with Gasteiger partial charge in [-0.15, -0.1) is 0 Å². The van der Waals surface area contributed by atoms with Gasteiger partial charge >= 0.3 is 0 Å². The zero-order valence-electron chi connectivity index (χ0n) is 28.5. The molecule has 0 fully saturated rings. The van der Waals surface area contributed by atoms with Crippen molar-refractivity contribution in [1.29, 1.82) is 0 Å². The first kappa shape index (κ1) is 35.8. The van der Waals surface area contributed by atoms with Crippen LogP contribution in [0.1, 0.15) is 57.4 Å². The van der Waals surface area contributed by atoms with Gasteiger partial charge in [-0.3, -0.25) is 44.2 Å². The number of ketones is 1. The van der Waals surface area contributed by atoms with Crippen molar-refractivity contribution in [3.8, 4) is 0 Å². The van der Waals surface area contributed by atoms with Crippen molar-refractivity contribution in [2.75, 3.05) is 9.80 Å². The zero-order chi connectivity index (χ0) is 39.2. The minimum atomic E-state index is -0.613. The Morgan fingerprint density at radius 3 is 1.05 bits per heavy atom. The number of carbonyl (C=O) groups excluding carboxylic acids is 5. The van der Waals surface area contributed by atoms with E-state index in [0.717, 1.165) is 29.4 Å². The molecule has 15 heteroatoms. The first-order valence-electron chi connectivity index (χ1n) is 16.6. The fourth-order valence-corrected chi connectivity index (χ4v) is 7.90. The highest BCUT2D eigenvalue weighted by Gasteiger charge is 2.39. The molecule has 0 N–H and O–H groups in total. The number of rotatable bonds is 10. The van der Waals surface area contributed by atoms with E-state index < -0.39 is 39.3 Å². The summed E-state index contributed by atoms with van der Waals surface area (Å²) in [7, 11) is 0. The van der Waals surface area contributed by atoms with Gasteiger partial charge in [0.1, 0.15) is 0 Å². The number of benzene rings is 6. The summed E-state index contributed by atoms with van der Waals surface area (Å²) in [5, 5.41) is 21.9. The van der Waals surface area contributed by atoms with E-state index in [2.05, 4.69) is 0 Å². The molecule has 0 aromatic heterocycles. The van der Waals surface area contributed by atoms with Crippen LogP contribution in [0.2, 0.25) is 0 Å². The second kappa shape index (κ2) is 14.2. The molecule has 0 saturated heterocycles. The van der Waals surface area contributed by atoms with Gasteiger partial charge in [-0.05, 0) is 97.1 Å². The van der Waals surface area contributed by atoms with Gasteiger partial charge in [0.15, 0.2) is 5.78 Å². The number of hydrogen-bond acceptors (Lipinski definition) is 11. The van der Waals surface area contributed by atoms with Gasteiger partial charge in [0.25, 0.3) is 35.0 Å². The third kappa shape index (κ3) is 6.50. The van der Waals surface area contributed by atoms with Crippen LogP contribution < -0.4 is 9.80 Å². The smallest absolute Gasteiger partial charge is 0.269 e. The van der Waals surface area contributed by atoms with Crippen LogP contribution in [0.15, 0.2) is 153 Å². The van der Waals surface area contributed by atoms with Gasteiger partial charge in [-0.25, -0.2) is 9.80 Å². The standard InChI is InChI=1S/C41H22N4O9S2/c46-37(23-1-19-33-35(21-23)40(49)42(38(33)47)25-3-11-29(12-4-25)55-31-15-7-27(8-16-31)44(51)52)24-2-20-34-36(22-24)41(50)43(39(34)48)26-5-13-30(14-6-26)56-32-17-9-28(10-18-32)45(53)54/h1-22H. The maximum Gasteiger partial charge on any atom is 0.269 e. The van der Waals surface area contributed by atoms with Crippen molar-refractivity contribution in [1.82, 2.24) is 0 Å². The third-order valence-corrected chi connectivity index (χ3v) is 11.1.